The fourth-order valence-corrected chi connectivity index (χ4v) is 7.80. The van der Waals surface area contributed by atoms with Crippen molar-refractivity contribution in [3.63, 3.8) is 0 Å². The highest BCUT2D eigenvalue weighted by Crippen LogP contribution is 2.40. The van der Waals surface area contributed by atoms with Gasteiger partial charge in [0.2, 0.25) is 11.4 Å². The van der Waals surface area contributed by atoms with E-state index in [9.17, 15) is 13.0 Å². The molecule has 0 bridgehead atoms. The van der Waals surface area contributed by atoms with Crippen LogP contribution in [0.1, 0.15) is 24.0 Å². The van der Waals surface area contributed by atoms with E-state index in [4.69, 9.17) is 69.6 Å². The van der Waals surface area contributed by atoms with E-state index in [0.29, 0.717) is 91.4 Å². The van der Waals surface area contributed by atoms with Gasteiger partial charge in [-0.05, 0) is 77.7 Å². The lowest BCUT2D eigenvalue weighted by Gasteiger charge is -2.27. The maximum atomic E-state index is 12.6. The third-order valence-corrected chi connectivity index (χ3v) is 10.5. The lowest BCUT2D eigenvalue weighted by Crippen LogP contribution is -2.19. The van der Waals surface area contributed by atoms with Gasteiger partial charge in [0.1, 0.15) is 14.9 Å². The Hall–Kier alpha value is -2.78. The predicted octanol–water partition coefficient (Wildman–Crippen LogP) is 11.7. The zero-order valence-electron chi connectivity index (χ0n) is 26.0. The van der Waals surface area contributed by atoms with Crippen molar-refractivity contribution in [1.82, 2.24) is 0 Å². The van der Waals surface area contributed by atoms with Gasteiger partial charge in [0.25, 0.3) is 10.1 Å². The number of rotatable bonds is 12. The summed E-state index contributed by atoms with van der Waals surface area (Å²) >= 11 is 38.6. The van der Waals surface area contributed by atoms with Crippen LogP contribution in [0.3, 0.4) is 0 Å². The van der Waals surface area contributed by atoms with Gasteiger partial charge in [-0.3, -0.25) is 4.55 Å². The first-order valence-corrected chi connectivity index (χ1v) is 19.3. The van der Waals surface area contributed by atoms with Gasteiger partial charge in [-0.2, -0.15) is 13.0 Å². The van der Waals surface area contributed by atoms with Crippen molar-refractivity contribution in [2.45, 2.75) is 17.7 Å². The van der Waals surface area contributed by atoms with Crippen LogP contribution in [0.4, 0.5) is 17.1 Å². The second-order valence-electron chi connectivity index (χ2n) is 11.0. The molecule has 0 aliphatic heterocycles. The number of benzene rings is 4. The van der Waals surface area contributed by atoms with Crippen molar-refractivity contribution < 1.29 is 17.5 Å². The van der Waals surface area contributed by atoms with Crippen LogP contribution in [0.25, 0.3) is 5.57 Å². The van der Waals surface area contributed by atoms with Crippen LogP contribution in [-0.2, 0) is 10.1 Å². The molecule has 0 amide bonds. The first kappa shape index (κ1) is 37.5. The van der Waals surface area contributed by atoms with E-state index in [1.165, 1.54) is 6.07 Å². The highest BCUT2D eigenvalue weighted by molar-refractivity contribution is 7.86. The number of para-hydroxylation sites is 2. The molecule has 0 saturated heterocycles. The van der Waals surface area contributed by atoms with Crippen molar-refractivity contribution >= 4 is 108 Å². The number of allylic oxidation sites excluding steroid dienone is 5. The summed E-state index contributed by atoms with van der Waals surface area (Å²) in [5.74, 6) is 0.895. The zero-order valence-corrected chi connectivity index (χ0v) is 31.3. The SMILES string of the molecule is O=S(=O)(O)c1ccccc1C(=C1C=CC(=[N+](CCCCl)c2c(Cl)cccc2Cl)C=C1)c1ccc(N(CCCCl)c2c(Cl)cccc2Cl)cc1. The van der Waals surface area contributed by atoms with Crippen LogP contribution in [0.5, 0.6) is 0 Å². The monoisotopic (exact) mass is 793 g/mol. The van der Waals surface area contributed by atoms with E-state index in [2.05, 4.69) is 0 Å². The standard InChI is InChI=1S/C37H30Cl6N2O3S/c38-21-5-23-44(36-30(40)8-3-9-31(36)41)27-17-13-25(14-18-27)35(29-7-1-2-12-34(29)49(46,47)48)26-15-19-28(20-16-26)45(24-6-22-39)37-32(42)10-4-11-33(37)43/h1-4,7-20H,5-6,21-24H2/p+1. The first-order valence-electron chi connectivity index (χ1n) is 15.2. The zero-order chi connectivity index (χ0) is 35.1. The van der Waals surface area contributed by atoms with Crippen LogP contribution >= 0.6 is 69.6 Å². The van der Waals surface area contributed by atoms with E-state index in [1.54, 1.807) is 54.6 Å². The van der Waals surface area contributed by atoms with Gasteiger partial charge in [-0.15, -0.1) is 23.2 Å². The molecule has 1 N–H and O–H groups in total. The summed E-state index contributed by atoms with van der Waals surface area (Å²) in [5.41, 5.74) is 5.31. The fraction of sp³-hybridized carbons (Fsp3) is 0.162. The van der Waals surface area contributed by atoms with Crippen molar-refractivity contribution in [2.24, 2.45) is 0 Å². The van der Waals surface area contributed by atoms with Gasteiger partial charge in [0.05, 0.1) is 15.7 Å². The van der Waals surface area contributed by atoms with Gasteiger partial charge in [0, 0.05) is 48.1 Å². The maximum Gasteiger partial charge on any atom is 0.295 e. The maximum absolute atomic E-state index is 12.6. The molecule has 0 atom stereocenters. The lowest BCUT2D eigenvalue weighted by molar-refractivity contribution is -0.438. The Morgan fingerprint density at radius 1 is 0.694 bits per heavy atom. The Labute approximate surface area is 317 Å². The molecule has 254 valence electrons. The minimum atomic E-state index is -4.57. The van der Waals surface area contributed by atoms with Crippen LogP contribution < -0.4 is 4.90 Å². The number of anilines is 2. The van der Waals surface area contributed by atoms with E-state index in [1.807, 2.05) is 58.0 Å². The topological polar surface area (TPSA) is 60.6 Å². The number of hydrogen-bond acceptors (Lipinski definition) is 3. The minimum Gasteiger partial charge on any atom is -0.339 e. The number of nitrogens with zero attached hydrogens (tertiary/aromatic N) is 2. The second-order valence-corrected chi connectivity index (χ2v) is 14.7. The van der Waals surface area contributed by atoms with Crippen LogP contribution in [0.15, 0.2) is 120 Å². The molecule has 0 radical (unpaired) electrons. The van der Waals surface area contributed by atoms with E-state index in [0.717, 1.165) is 11.4 Å². The molecule has 0 saturated carbocycles. The average molecular weight is 796 g/mol. The lowest BCUT2D eigenvalue weighted by atomic mass is 9.90. The Balaban J connectivity index is 1.67. The second kappa shape index (κ2) is 17.0. The molecule has 0 fully saturated rings. The van der Waals surface area contributed by atoms with Gasteiger partial charge in [-0.1, -0.05) is 88.9 Å². The van der Waals surface area contributed by atoms with Crippen molar-refractivity contribution in [2.75, 3.05) is 29.7 Å². The smallest absolute Gasteiger partial charge is 0.295 e. The molecule has 4 aromatic carbocycles. The molecule has 49 heavy (non-hydrogen) atoms. The molecule has 1 aliphatic carbocycles. The highest BCUT2D eigenvalue weighted by atomic mass is 35.5. The summed E-state index contributed by atoms with van der Waals surface area (Å²) in [6.07, 6.45) is 8.99. The molecule has 0 spiro atoms. The minimum absolute atomic E-state index is 0.212. The van der Waals surface area contributed by atoms with Gasteiger partial charge >= 0.3 is 0 Å². The molecular formula is C37H31Cl6N2O3S+. The third kappa shape index (κ3) is 8.76. The third-order valence-electron chi connectivity index (χ3n) is 7.82. The number of hydrogen-bond donors (Lipinski definition) is 1. The van der Waals surface area contributed by atoms with E-state index < -0.39 is 10.1 Å². The molecule has 5 nitrogen and oxygen atoms in total. The van der Waals surface area contributed by atoms with Crippen LogP contribution in [0.2, 0.25) is 20.1 Å². The Morgan fingerprint density at radius 2 is 1.27 bits per heavy atom. The largest absolute Gasteiger partial charge is 0.339 e. The van der Waals surface area contributed by atoms with E-state index in [-0.39, 0.29) is 4.90 Å². The summed E-state index contributed by atoms with van der Waals surface area (Å²) in [4.78, 5) is 1.79. The molecule has 12 heteroatoms. The Bertz CT molecular complexity index is 2020. The Kier molecular flexibility index (Phi) is 13.0. The summed E-state index contributed by atoms with van der Waals surface area (Å²) in [6.45, 7) is 1.12. The first-order chi connectivity index (χ1) is 23.5. The van der Waals surface area contributed by atoms with Crippen LogP contribution in [0, 0.1) is 0 Å². The highest BCUT2D eigenvalue weighted by Gasteiger charge is 2.25. The molecule has 1 aliphatic rings. The van der Waals surface area contributed by atoms with Gasteiger partial charge < -0.3 is 4.90 Å². The summed E-state index contributed by atoms with van der Waals surface area (Å²) < 4.78 is 37.5. The predicted molar refractivity (Wildman–Crippen MR) is 207 cm³/mol. The van der Waals surface area contributed by atoms with Crippen molar-refractivity contribution in [3.05, 3.63) is 146 Å². The van der Waals surface area contributed by atoms with Crippen molar-refractivity contribution in [1.29, 1.82) is 0 Å². The molecule has 0 aromatic heterocycles. The summed E-state index contributed by atoms with van der Waals surface area (Å²) in [6, 6.07) is 24.7. The number of alkyl halides is 2. The molecule has 0 heterocycles. The fourth-order valence-electron chi connectivity index (χ4n) is 5.66. The quantitative estimate of drug-likeness (QED) is 0.0881. The molecule has 4 aromatic rings. The van der Waals surface area contributed by atoms with Crippen LogP contribution in [-0.4, -0.2) is 48.1 Å². The molecular weight excluding hydrogens is 765 g/mol. The average Bonchev–Trinajstić information content (AvgIpc) is 3.08. The van der Waals surface area contributed by atoms with E-state index >= 15 is 0 Å². The Morgan fingerprint density at radius 3 is 1.84 bits per heavy atom. The normalized spacial score (nSPS) is 12.8. The van der Waals surface area contributed by atoms with Gasteiger partial charge in [0.15, 0.2) is 6.54 Å². The van der Waals surface area contributed by atoms with Gasteiger partial charge in [-0.25, -0.2) is 0 Å². The molecule has 5 rings (SSSR count). The van der Waals surface area contributed by atoms with Crippen molar-refractivity contribution in [3.8, 4) is 0 Å². The summed E-state index contributed by atoms with van der Waals surface area (Å²) in [5, 5.41) is 2.00. The number of halogens is 6. The molecule has 0 unspecified atom stereocenters. The summed E-state index contributed by atoms with van der Waals surface area (Å²) in [7, 11) is -4.57.